The highest BCUT2D eigenvalue weighted by atomic mass is 16.5. The molecule has 1 aliphatic heterocycles. The van der Waals surface area contributed by atoms with Crippen molar-refractivity contribution in [3.8, 4) is 6.07 Å². The van der Waals surface area contributed by atoms with E-state index >= 15 is 0 Å². The minimum absolute atomic E-state index is 0.0468. The van der Waals surface area contributed by atoms with E-state index in [1.807, 2.05) is 11.0 Å². The highest BCUT2D eigenvalue weighted by molar-refractivity contribution is 6.09. The van der Waals surface area contributed by atoms with Crippen LogP contribution in [0.15, 0.2) is 36.0 Å². The highest BCUT2D eigenvalue weighted by Gasteiger charge is 2.22. The van der Waals surface area contributed by atoms with Crippen LogP contribution in [0.25, 0.3) is 0 Å². The Morgan fingerprint density at radius 3 is 2.88 bits per heavy atom. The van der Waals surface area contributed by atoms with Crippen molar-refractivity contribution in [2.24, 2.45) is 0 Å². The minimum Gasteiger partial charge on any atom is -0.465 e. The number of carbonyl (C=O) groups is 2. The summed E-state index contributed by atoms with van der Waals surface area (Å²) in [5.74, 6) is -1.15. The lowest BCUT2D eigenvalue weighted by Gasteiger charge is -2.34. The van der Waals surface area contributed by atoms with Gasteiger partial charge in [-0.3, -0.25) is 4.79 Å². The van der Waals surface area contributed by atoms with Crippen molar-refractivity contribution >= 4 is 17.6 Å². The molecule has 1 heterocycles. The van der Waals surface area contributed by atoms with Gasteiger partial charge in [0.1, 0.15) is 11.6 Å². The number of rotatable bonds is 6. The average Bonchev–Trinajstić information content (AvgIpc) is 2.67. The number of hydrogen-bond donors (Lipinski definition) is 2. The number of nitrogens with one attached hydrogen (secondary N) is 1. The van der Waals surface area contributed by atoms with Crippen molar-refractivity contribution < 1.29 is 19.4 Å². The second-order valence-electron chi connectivity index (χ2n) is 6.05. The molecule has 1 aromatic rings. The third kappa shape index (κ3) is 4.83. The number of likely N-dealkylation sites (tertiary alicyclic amines) is 1. The fraction of sp³-hybridized carbons (Fsp3) is 0.421. The number of nitrogens with zero attached hydrogens (tertiary/aromatic N) is 2. The number of ether oxygens (including phenoxy) is 1. The molecule has 0 aliphatic carbocycles. The van der Waals surface area contributed by atoms with E-state index < -0.39 is 11.9 Å². The van der Waals surface area contributed by atoms with Gasteiger partial charge in [0.2, 0.25) is 0 Å². The van der Waals surface area contributed by atoms with Crippen LogP contribution in [0.3, 0.4) is 0 Å². The summed E-state index contributed by atoms with van der Waals surface area (Å²) < 4.78 is 4.71. The molecule has 26 heavy (non-hydrogen) atoms. The van der Waals surface area contributed by atoms with Crippen molar-refractivity contribution in [2.75, 3.05) is 25.6 Å². The molecule has 1 unspecified atom stereocenters. The van der Waals surface area contributed by atoms with Gasteiger partial charge in [0, 0.05) is 25.4 Å². The first-order valence-electron chi connectivity index (χ1n) is 8.58. The number of aliphatic hydroxyl groups is 1. The average molecular weight is 357 g/mol. The Morgan fingerprint density at radius 1 is 1.42 bits per heavy atom. The molecular formula is C19H23N3O4. The van der Waals surface area contributed by atoms with Crippen molar-refractivity contribution in [1.82, 2.24) is 4.90 Å². The number of aliphatic hydroxyl groups excluding tert-OH is 1. The lowest BCUT2D eigenvalue weighted by atomic mass is 10.00. The molecular weight excluding hydrogens is 334 g/mol. The van der Waals surface area contributed by atoms with Gasteiger partial charge in [-0.1, -0.05) is 12.1 Å². The molecule has 7 nitrogen and oxygen atoms in total. The van der Waals surface area contributed by atoms with E-state index in [4.69, 9.17) is 4.74 Å². The molecule has 0 spiro atoms. The summed E-state index contributed by atoms with van der Waals surface area (Å²) in [7, 11) is 1.26. The largest absolute Gasteiger partial charge is 0.465 e. The Balaban J connectivity index is 2.19. The van der Waals surface area contributed by atoms with Crippen LogP contribution >= 0.6 is 0 Å². The maximum Gasteiger partial charge on any atom is 0.339 e. The van der Waals surface area contributed by atoms with Gasteiger partial charge in [0.25, 0.3) is 5.91 Å². The second-order valence-corrected chi connectivity index (χ2v) is 6.05. The summed E-state index contributed by atoms with van der Waals surface area (Å²) in [5, 5.41) is 21.2. The fourth-order valence-electron chi connectivity index (χ4n) is 3.03. The Labute approximate surface area is 152 Å². The Bertz CT molecular complexity index is 722. The number of piperidine rings is 1. The van der Waals surface area contributed by atoms with Crippen LogP contribution in [0, 0.1) is 11.3 Å². The molecule has 7 heteroatoms. The number of para-hydroxylation sites is 1. The first-order valence-corrected chi connectivity index (χ1v) is 8.58. The molecule has 1 aliphatic rings. The lowest BCUT2D eigenvalue weighted by molar-refractivity contribution is -0.112. The van der Waals surface area contributed by atoms with E-state index in [0.717, 1.165) is 25.8 Å². The number of amides is 1. The topological polar surface area (TPSA) is 103 Å². The smallest absolute Gasteiger partial charge is 0.339 e. The molecule has 2 rings (SSSR count). The summed E-state index contributed by atoms with van der Waals surface area (Å²) in [6, 6.07) is 8.50. The number of esters is 1. The summed E-state index contributed by atoms with van der Waals surface area (Å²) in [6.07, 6.45) is 5.11. The van der Waals surface area contributed by atoms with Crippen molar-refractivity contribution in [2.45, 2.75) is 31.7 Å². The molecule has 0 aromatic heterocycles. The Hall–Kier alpha value is -2.85. The third-order valence-electron chi connectivity index (χ3n) is 4.38. The van der Waals surface area contributed by atoms with Gasteiger partial charge in [-0.2, -0.15) is 5.26 Å². The van der Waals surface area contributed by atoms with Crippen LogP contribution in [0.1, 0.15) is 36.0 Å². The second kappa shape index (κ2) is 9.59. The molecule has 1 saturated heterocycles. The molecule has 0 bridgehead atoms. The first kappa shape index (κ1) is 19.5. The van der Waals surface area contributed by atoms with E-state index in [-0.39, 0.29) is 29.5 Å². The number of hydrogen-bond acceptors (Lipinski definition) is 6. The Morgan fingerprint density at radius 2 is 2.19 bits per heavy atom. The van der Waals surface area contributed by atoms with Gasteiger partial charge in [0.05, 0.1) is 18.4 Å². The predicted molar refractivity (Wildman–Crippen MR) is 96.2 cm³/mol. The van der Waals surface area contributed by atoms with Crippen LogP contribution in [0.2, 0.25) is 0 Å². The quantitative estimate of drug-likeness (QED) is 0.459. The van der Waals surface area contributed by atoms with Crippen LogP contribution in [0.4, 0.5) is 5.69 Å². The standard InChI is InChI=1S/C19H23N3O4/c1-26-19(25)16-7-2-3-8-17(16)21-18(24)14(12-20)13-22-10-5-4-6-15(22)9-11-23/h2-3,7-8,13,15,23H,4-6,9-11H2,1H3,(H,21,24)/b14-13-. The number of methoxy groups -OCH3 is 1. The van der Waals surface area contributed by atoms with Crippen LogP contribution in [-0.2, 0) is 9.53 Å². The SMILES string of the molecule is COC(=O)c1ccccc1NC(=O)/C(C#N)=C\N1CCCCC1CCO. The normalized spacial score (nSPS) is 17.3. The number of benzene rings is 1. The molecule has 1 fully saturated rings. The Kier molecular flexibility index (Phi) is 7.18. The zero-order chi connectivity index (χ0) is 18.9. The zero-order valence-corrected chi connectivity index (χ0v) is 14.8. The molecule has 0 saturated carbocycles. The number of nitriles is 1. The van der Waals surface area contributed by atoms with Gasteiger partial charge in [0.15, 0.2) is 0 Å². The van der Waals surface area contributed by atoms with Gasteiger partial charge >= 0.3 is 5.97 Å². The zero-order valence-electron chi connectivity index (χ0n) is 14.8. The minimum atomic E-state index is -0.586. The maximum atomic E-state index is 12.5. The van der Waals surface area contributed by atoms with Crippen molar-refractivity contribution in [1.29, 1.82) is 5.26 Å². The monoisotopic (exact) mass is 357 g/mol. The van der Waals surface area contributed by atoms with Crippen molar-refractivity contribution in [3.05, 3.63) is 41.6 Å². The highest BCUT2D eigenvalue weighted by Crippen LogP contribution is 2.21. The van der Waals surface area contributed by atoms with Gasteiger partial charge in [-0.05, 0) is 37.8 Å². The summed E-state index contributed by atoms with van der Waals surface area (Å²) in [5.41, 5.74) is 0.460. The summed E-state index contributed by atoms with van der Waals surface area (Å²) >= 11 is 0. The van der Waals surface area contributed by atoms with E-state index in [0.29, 0.717) is 6.42 Å². The maximum absolute atomic E-state index is 12.5. The first-order chi connectivity index (χ1) is 12.6. The molecule has 1 amide bonds. The molecule has 2 N–H and O–H groups in total. The van der Waals surface area contributed by atoms with Crippen molar-refractivity contribution in [3.63, 3.8) is 0 Å². The van der Waals surface area contributed by atoms with Crippen LogP contribution < -0.4 is 5.32 Å². The van der Waals surface area contributed by atoms with E-state index in [2.05, 4.69) is 5.32 Å². The van der Waals surface area contributed by atoms with Gasteiger partial charge < -0.3 is 20.1 Å². The number of carbonyl (C=O) groups excluding carboxylic acids is 2. The van der Waals surface area contributed by atoms with Crippen LogP contribution in [0.5, 0.6) is 0 Å². The lowest BCUT2D eigenvalue weighted by Crippen LogP contribution is -2.37. The van der Waals surface area contributed by atoms with Gasteiger partial charge in [-0.15, -0.1) is 0 Å². The summed E-state index contributed by atoms with van der Waals surface area (Å²) in [6.45, 7) is 0.803. The summed E-state index contributed by atoms with van der Waals surface area (Å²) in [4.78, 5) is 26.3. The van der Waals surface area contributed by atoms with E-state index in [9.17, 15) is 20.0 Å². The third-order valence-corrected chi connectivity index (χ3v) is 4.38. The van der Waals surface area contributed by atoms with Gasteiger partial charge in [-0.25, -0.2) is 4.79 Å². The molecule has 1 aromatic carbocycles. The molecule has 1 atom stereocenters. The predicted octanol–water partition coefficient (Wildman–Crippen LogP) is 2.06. The molecule has 0 radical (unpaired) electrons. The van der Waals surface area contributed by atoms with Crippen LogP contribution in [-0.4, -0.2) is 48.2 Å². The number of anilines is 1. The van der Waals surface area contributed by atoms with E-state index in [1.54, 1.807) is 30.5 Å². The fourth-order valence-corrected chi connectivity index (χ4v) is 3.03. The molecule has 138 valence electrons. The van der Waals surface area contributed by atoms with E-state index in [1.165, 1.54) is 7.11 Å².